The van der Waals surface area contributed by atoms with Crippen LogP contribution in [-0.2, 0) is 13.0 Å². The Bertz CT molecular complexity index is 634. The zero-order valence-electron chi connectivity index (χ0n) is 12.2. The average Bonchev–Trinajstić information content (AvgIpc) is 2.76. The zero-order chi connectivity index (χ0) is 14.8. The molecule has 112 valence electrons. The summed E-state index contributed by atoms with van der Waals surface area (Å²) in [6.45, 7) is 0.570. The highest BCUT2D eigenvalue weighted by Gasteiger charge is 2.19. The molecule has 0 radical (unpaired) electrons. The lowest BCUT2D eigenvalue weighted by molar-refractivity contribution is 0.506. The van der Waals surface area contributed by atoms with Crippen molar-refractivity contribution < 1.29 is 8.78 Å². The molecule has 0 bridgehead atoms. The fraction of sp³-hybridized carbons (Fsp3) is 0.412. The van der Waals surface area contributed by atoms with E-state index in [9.17, 15) is 8.78 Å². The van der Waals surface area contributed by atoms with Crippen LogP contribution in [0.3, 0.4) is 0 Å². The second-order valence-corrected chi connectivity index (χ2v) is 5.75. The van der Waals surface area contributed by atoms with E-state index < -0.39 is 11.6 Å². The predicted molar refractivity (Wildman–Crippen MR) is 79.2 cm³/mol. The van der Waals surface area contributed by atoms with E-state index in [-0.39, 0.29) is 0 Å². The first kappa shape index (κ1) is 14.3. The molecule has 0 aliphatic heterocycles. The summed E-state index contributed by atoms with van der Waals surface area (Å²) in [7, 11) is 1.99. The van der Waals surface area contributed by atoms with Gasteiger partial charge in [0.25, 0.3) is 0 Å². The summed E-state index contributed by atoms with van der Waals surface area (Å²) >= 11 is 0. The second kappa shape index (κ2) is 5.98. The smallest absolute Gasteiger partial charge is 0.159 e. The Morgan fingerprint density at radius 3 is 2.81 bits per heavy atom. The Morgan fingerprint density at radius 2 is 2.05 bits per heavy atom. The lowest BCUT2D eigenvalue weighted by atomic mass is 10.1. The van der Waals surface area contributed by atoms with Crippen molar-refractivity contribution in [1.29, 1.82) is 0 Å². The van der Waals surface area contributed by atoms with Crippen molar-refractivity contribution in [1.82, 2.24) is 9.88 Å². The standard InChI is InChI=1S/C17H20F2N2/c1-20-17-5-3-2-4-13-10-21(11-14(13)17)9-12-6-7-15(18)16(19)8-12/h6-8,10-11,17,20H,2-5,9H2,1H3. The molecular weight excluding hydrogens is 270 g/mol. The molecule has 3 rings (SSSR count). The third kappa shape index (κ3) is 3.00. The minimum absolute atomic E-state index is 0.397. The summed E-state index contributed by atoms with van der Waals surface area (Å²) in [4.78, 5) is 0. The van der Waals surface area contributed by atoms with Crippen molar-refractivity contribution in [2.75, 3.05) is 7.05 Å². The summed E-state index contributed by atoms with van der Waals surface area (Å²) in [5.41, 5.74) is 3.49. The molecule has 1 aromatic heterocycles. The molecule has 1 atom stereocenters. The van der Waals surface area contributed by atoms with E-state index in [1.807, 2.05) is 7.05 Å². The Labute approximate surface area is 123 Å². The lowest BCUT2D eigenvalue weighted by Gasteiger charge is -2.13. The fourth-order valence-corrected chi connectivity index (χ4v) is 3.16. The van der Waals surface area contributed by atoms with Gasteiger partial charge in [0.1, 0.15) is 0 Å². The van der Waals surface area contributed by atoms with Gasteiger partial charge in [0.15, 0.2) is 11.6 Å². The molecule has 0 saturated heterocycles. The van der Waals surface area contributed by atoms with Crippen molar-refractivity contribution in [2.45, 2.75) is 38.3 Å². The van der Waals surface area contributed by atoms with Gasteiger partial charge in [-0.25, -0.2) is 8.78 Å². The summed E-state index contributed by atoms with van der Waals surface area (Å²) in [6, 6.07) is 4.50. The number of fused-ring (bicyclic) bond motifs is 1. The molecule has 21 heavy (non-hydrogen) atoms. The summed E-state index contributed by atoms with van der Waals surface area (Å²) < 4.78 is 28.3. The van der Waals surface area contributed by atoms with Gasteiger partial charge in [-0.05, 0) is 55.1 Å². The number of benzene rings is 1. The normalized spacial score (nSPS) is 18.3. The van der Waals surface area contributed by atoms with Gasteiger partial charge in [-0.15, -0.1) is 0 Å². The third-order valence-corrected chi connectivity index (χ3v) is 4.26. The monoisotopic (exact) mass is 290 g/mol. The van der Waals surface area contributed by atoms with Gasteiger partial charge in [-0.3, -0.25) is 0 Å². The number of nitrogens with zero attached hydrogens (tertiary/aromatic N) is 1. The number of rotatable bonds is 3. The first-order valence-electron chi connectivity index (χ1n) is 7.47. The predicted octanol–water partition coefficient (Wildman–Crippen LogP) is 3.80. The Morgan fingerprint density at radius 1 is 1.19 bits per heavy atom. The van der Waals surface area contributed by atoms with Crippen LogP contribution in [0.1, 0.15) is 42.0 Å². The molecule has 0 saturated carbocycles. The van der Waals surface area contributed by atoms with Crippen LogP contribution in [-0.4, -0.2) is 11.6 Å². The molecule has 4 heteroatoms. The Hall–Kier alpha value is -1.68. The minimum atomic E-state index is -0.794. The molecule has 0 spiro atoms. The van der Waals surface area contributed by atoms with Gasteiger partial charge in [0, 0.05) is 25.0 Å². The van der Waals surface area contributed by atoms with Crippen molar-refractivity contribution in [3.8, 4) is 0 Å². The van der Waals surface area contributed by atoms with Gasteiger partial charge in [-0.1, -0.05) is 12.5 Å². The first-order valence-corrected chi connectivity index (χ1v) is 7.47. The van der Waals surface area contributed by atoms with Crippen molar-refractivity contribution in [3.05, 3.63) is 58.9 Å². The van der Waals surface area contributed by atoms with Gasteiger partial charge in [0.2, 0.25) is 0 Å². The summed E-state index contributed by atoms with van der Waals surface area (Å²) in [5.74, 6) is -1.58. The Balaban J connectivity index is 1.85. The molecule has 1 unspecified atom stereocenters. The number of hydrogen-bond donors (Lipinski definition) is 1. The maximum atomic E-state index is 13.3. The van der Waals surface area contributed by atoms with Crippen LogP contribution in [0.5, 0.6) is 0 Å². The van der Waals surface area contributed by atoms with E-state index in [1.54, 1.807) is 6.07 Å². The van der Waals surface area contributed by atoms with Crippen LogP contribution in [0.2, 0.25) is 0 Å². The van der Waals surface area contributed by atoms with Gasteiger partial charge in [-0.2, -0.15) is 0 Å². The fourth-order valence-electron chi connectivity index (χ4n) is 3.16. The first-order chi connectivity index (χ1) is 10.2. The lowest BCUT2D eigenvalue weighted by Crippen LogP contribution is -2.15. The van der Waals surface area contributed by atoms with Crippen LogP contribution in [0, 0.1) is 11.6 Å². The SMILES string of the molecule is CNC1CCCCc2cn(Cc3ccc(F)c(F)c3)cc21. The topological polar surface area (TPSA) is 17.0 Å². The molecule has 0 fully saturated rings. The second-order valence-electron chi connectivity index (χ2n) is 5.75. The molecule has 1 heterocycles. The van der Waals surface area contributed by atoms with Crippen LogP contribution in [0.15, 0.2) is 30.6 Å². The van der Waals surface area contributed by atoms with E-state index in [0.717, 1.165) is 18.4 Å². The number of nitrogens with one attached hydrogen (secondary N) is 1. The van der Waals surface area contributed by atoms with Crippen molar-refractivity contribution in [2.24, 2.45) is 0 Å². The highest BCUT2D eigenvalue weighted by molar-refractivity contribution is 5.30. The number of aryl methyl sites for hydroxylation is 1. The molecule has 2 nitrogen and oxygen atoms in total. The van der Waals surface area contributed by atoms with E-state index in [2.05, 4.69) is 22.3 Å². The highest BCUT2D eigenvalue weighted by atomic mass is 19.2. The van der Waals surface area contributed by atoms with Crippen LogP contribution < -0.4 is 5.32 Å². The molecular formula is C17H20F2N2. The highest BCUT2D eigenvalue weighted by Crippen LogP contribution is 2.29. The molecule has 1 aromatic carbocycles. The largest absolute Gasteiger partial charge is 0.349 e. The number of aromatic nitrogens is 1. The van der Waals surface area contributed by atoms with Crippen LogP contribution in [0.4, 0.5) is 8.78 Å². The van der Waals surface area contributed by atoms with E-state index >= 15 is 0 Å². The summed E-state index contributed by atoms with van der Waals surface area (Å²) in [6.07, 6.45) is 8.98. The molecule has 1 aliphatic carbocycles. The van der Waals surface area contributed by atoms with Crippen LogP contribution in [0.25, 0.3) is 0 Å². The number of halogens is 2. The van der Waals surface area contributed by atoms with Crippen molar-refractivity contribution >= 4 is 0 Å². The average molecular weight is 290 g/mol. The maximum absolute atomic E-state index is 13.3. The zero-order valence-corrected chi connectivity index (χ0v) is 12.2. The molecule has 2 aromatic rings. The minimum Gasteiger partial charge on any atom is -0.349 e. The van der Waals surface area contributed by atoms with Crippen molar-refractivity contribution in [3.63, 3.8) is 0 Å². The van der Waals surface area contributed by atoms with E-state index in [1.165, 1.54) is 36.1 Å². The van der Waals surface area contributed by atoms with Gasteiger partial charge < -0.3 is 9.88 Å². The molecule has 0 amide bonds. The quantitative estimate of drug-likeness (QED) is 0.851. The van der Waals surface area contributed by atoms with Crippen LogP contribution >= 0.6 is 0 Å². The molecule has 1 N–H and O–H groups in total. The third-order valence-electron chi connectivity index (χ3n) is 4.26. The van der Waals surface area contributed by atoms with E-state index in [0.29, 0.717) is 12.6 Å². The number of hydrogen-bond acceptors (Lipinski definition) is 1. The summed E-state index contributed by atoms with van der Waals surface area (Å²) in [5, 5.41) is 3.37. The maximum Gasteiger partial charge on any atom is 0.159 e. The van der Waals surface area contributed by atoms with E-state index in [4.69, 9.17) is 0 Å². The van der Waals surface area contributed by atoms with Gasteiger partial charge in [0.05, 0.1) is 0 Å². The molecule has 1 aliphatic rings. The van der Waals surface area contributed by atoms with Gasteiger partial charge >= 0.3 is 0 Å². The Kier molecular flexibility index (Phi) is 4.06.